The quantitative estimate of drug-likeness (QED) is 0.772. The number of hydrogen-bond donors (Lipinski definition) is 2. The van der Waals surface area contributed by atoms with Gasteiger partial charge in [0.15, 0.2) is 0 Å². The van der Waals surface area contributed by atoms with E-state index in [1.165, 1.54) is 11.8 Å². The summed E-state index contributed by atoms with van der Waals surface area (Å²) < 4.78 is 0. The summed E-state index contributed by atoms with van der Waals surface area (Å²) in [4.78, 5) is 22.2. The molecule has 18 heavy (non-hydrogen) atoms. The number of aliphatic carboxylic acids is 1. The molecule has 0 unspecified atom stereocenters. The maximum atomic E-state index is 11.9. The van der Waals surface area contributed by atoms with Crippen molar-refractivity contribution in [1.29, 1.82) is 0 Å². The highest BCUT2D eigenvalue weighted by molar-refractivity contribution is 7.99. The number of carbonyl (C=O) groups excluding carboxylic acids is 1. The van der Waals surface area contributed by atoms with Crippen LogP contribution in [0.25, 0.3) is 0 Å². The van der Waals surface area contributed by atoms with E-state index in [-0.39, 0.29) is 11.7 Å². The molecule has 0 aliphatic carbocycles. The van der Waals surface area contributed by atoms with Crippen LogP contribution in [0.5, 0.6) is 0 Å². The zero-order valence-electron chi connectivity index (χ0n) is 10.5. The van der Waals surface area contributed by atoms with E-state index in [0.717, 1.165) is 11.1 Å². The number of carbonyl (C=O) groups is 2. The molecule has 0 saturated carbocycles. The van der Waals surface area contributed by atoms with Gasteiger partial charge < -0.3 is 10.4 Å². The van der Waals surface area contributed by atoms with Crippen molar-refractivity contribution in [1.82, 2.24) is 5.32 Å². The SMILES string of the molecule is Cc1cccc(C)c1C(=O)NCCSCC(=O)O. The summed E-state index contributed by atoms with van der Waals surface area (Å²) in [5.74, 6) is -0.259. The van der Waals surface area contributed by atoms with Gasteiger partial charge in [-0.2, -0.15) is 0 Å². The monoisotopic (exact) mass is 267 g/mol. The lowest BCUT2D eigenvalue weighted by molar-refractivity contribution is -0.133. The summed E-state index contributed by atoms with van der Waals surface area (Å²) in [6, 6.07) is 5.73. The number of carboxylic acids is 1. The number of nitrogens with one attached hydrogen (secondary N) is 1. The van der Waals surface area contributed by atoms with Crippen molar-refractivity contribution in [2.45, 2.75) is 13.8 Å². The fourth-order valence-electron chi connectivity index (χ4n) is 1.66. The van der Waals surface area contributed by atoms with Gasteiger partial charge in [0.1, 0.15) is 0 Å². The fourth-order valence-corrected chi connectivity index (χ4v) is 2.22. The summed E-state index contributed by atoms with van der Waals surface area (Å²) in [6.07, 6.45) is 0. The minimum absolute atomic E-state index is 0.0687. The predicted octanol–water partition coefficient (Wildman–Crippen LogP) is 1.85. The topological polar surface area (TPSA) is 66.4 Å². The van der Waals surface area contributed by atoms with E-state index < -0.39 is 5.97 Å². The average Bonchev–Trinajstić information content (AvgIpc) is 2.27. The number of amides is 1. The predicted molar refractivity (Wildman–Crippen MR) is 73.2 cm³/mol. The molecule has 0 heterocycles. The van der Waals surface area contributed by atoms with Gasteiger partial charge in [-0.3, -0.25) is 9.59 Å². The van der Waals surface area contributed by atoms with E-state index in [1.807, 2.05) is 32.0 Å². The van der Waals surface area contributed by atoms with Gasteiger partial charge in [0.2, 0.25) is 0 Å². The van der Waals surface area contributed by atoms with Crippen LogP contribution >= 0.6 is 11.8 Å². The average molecular weight is 267 g/mol. The fraction of sp³-hybridized carbons (Fsp3) is 0.385. The van der Waals surface area contributed by atoms with Gasteiger partial charge in [0.05, 0.1) is 5.75 Å². The Bertz CT molecular complexity index is 426. The lowest BCUT2D eigenvalue weighted by atomic mass is 10.0. The Labute approximate surface area is 111 Å². The molecule has 98 valence electrons. The normalized spacial score (nSPS) is 10.1. The van der Waals surface area contributed by atoms with Crippen molar-refractivity contribution in [3.63, 3.8) is 0 Å². The molecule has 2 N–H and O–H groups in total. The van der Waals surface area contributed by atoms with Crippen LogP contribution in [0, 0.1) is 13.8 Å². The van der Waals surface area contributed by atoms with Gasteiger partial charge in [-0.25, -0.2) is 0 Å². The van der Waals surface area contributed by atoms with Gasteiger partial charge in [0.25, 0.3) is 5.91 Å². The molecular formula is C13H17NO3S. The van der Waals surface area contributed by atoms with Gasteiger partial charge in [0, 0.05) is 17.9 Å². The summed E-state index contributed by atoms with van der Waals surface area (Å²) in [7, 11) is 0. The summed E-state index contributed by atoms with van der Waals surface area (Å²) >= 11 is 1.29. The molecule has 0 fully saturated rings. The van der Waals surface area contributed by atoms with E-state index in [0.29, 0.717) is 17.9 Å². The molecule has 1 aromatic rings. The van der Waals surface area contributed by atoms with E-state index in [1.54, 1.807) is 0 Å². The van der Waals surface area contributed by atoms with E-state index in [2.05, 4.69) is 5.32 Å². The molecule has 4 nitrogen and oxygen atoms in total. The van der Waals surface area contributed by atoms with Crippen LogP contribution in [0.15, 0.2) is 18.2 Å². The van der Waals surface area contributed by atoms with Crippen LogP contribution in [0.2, 0.25) is 0 Å². The highest BCUT2D eigenvalue weighted by Gasteiger charge is 2.10. The number of benzene rings is 1. The second kappa shape index (κ2) is 7.06. The Balaban J connectivity index is 2.44. The Morgan fingerprint density at radius 3 is 2.44 bits per heavy atom. The number of aryl methyl sites for hydroxylation is 2. The first-order valence-corrected chi connectivity index (χ1v) is 6.82. The highest BCUT2D eigenvalue weighted by Crippen LogP contribution is 2.12. The zero-order valence-corrected chi connectivity index (χ0v) is 11.3. The van der Waals surface area contributed by atoms with Gasteiger partial charge in [-0.15, -0.1) is 11.8 Å². The Morgan fingerprint density at radius 2 is 1.89 bits per heavy atom. The van der Waals surface area contributed by atoms with E-state index >= 15 is 0 Å². The van der Waals surface area contributed by atoms with Crippen molar-refractivity contribution >= 4 is 23.6 Å². The summed E-state index contributed by atoms with van der Waals surface area (Å²) in [6.45, 7) is 4.28. The van der Waals surface area contributed by atoms with Crippen LogP contribution < -0.4 is 5.32 Å². The van der Waals surface area contributed by atoms with Crippen LogP contribution in [-0.2, 0) is 4.79 Å². The molecule has 0 aliphatic rings. The second-order valence-corrected chi connectivity index (χ2v) is 5.07. The van der Waals surface area contributed by atoms with Gasteiger partial charge >= 0.3 is 5.97 Å². The summed E-state index contributed by atoms with van der Waals surface area (Å²) in [5.41, 5.74) is 2.61. The van der Waals surface area contributed by atoms with Crippen LogP contribution in [0.4, 0.5) is 0 Å². The van der Waals surface area contributed by atoms with E-state index in [9.17, 15) is 9.59 Å². The standard InChI is InChI=1S/C13H17NO3S/c1-9-4-3-5-10(2)12(9)13(17)14-6-7-18-8-11(15)16/h3-5H,6-8H2,1-2H3,(H,14,17)(H,15,16). The molecule has 0 atom stereocenters. The van der Waals surface area contributed by atoms with Crippen molar-refractivity contribution in [3.8, 4) is 0 Å². The Hall–Kier alpha value is -1.49. The molecule has 1 aromatic carbocycles. The van der Waals surface area contributed by atoms with E-state index in [4.69, 9.17) is 5.11 Å². The van der Waals surface area contributed by atoms with Crippen LogP contribution in [0.1, 0.15) is 21.5 Å². The first kappa shape index (κ1) is 14.6. The van der Waals surface area contributed by atoms with Gasteiger partial charge in [-0.1, -0.05) is 18.2 Å². The molecule has 0 aliphatic heterocycles. The van der Waals surface area contributed by atoms with Crippen molar-refractivity contribution in [2.24, 2.45) is 0 Å². The molecule has 0 bridgehead atoms. The molecule has 0 aromatic heterocycles. The van der Waals surface area contributed by atoms with Crippen molar-refractivity contribution in [3.05, 3.63) is 34.9 Å². The second-order valence-electron chi connectivity index (χ2n) is 3.97. The minimum Gasteiger partial charge on any atom is -0.481 e. The Kier molecular flexibility index (Phi) is 5.71. The lowest BCUT2D eigenvalue weighted by Gasteiger charge is -2.09. The maximum Gasteiger partial charge on any atom is 0.313 e. The molecule has 0 spiro atoms. The van der Waals surface area contributed by atoms with Crippen LogP contribution in [-0.4, -0.2) is 35.0 Å². The van der Waals surface area contributed by atoms with Crippen molar-refractivity contribution < 1.29 is 14.7 Å². The molecular weight excluding hydrogens is 250 g/mol. The molecule has 0 saturated heterocycles. The summed E-state index contributed by atoms with van der Waals surface area (Å²) in [5, 5.41) is 11.3. The molecule has 5 heteroatoms. The first-order chi connectivity index (χ1) is 8.52. The number of carboxylic acid groups (broad SMARTS) is 1. The smallest absolute Gasteiger partial charge is 0.313 e. The van der Waals surface area contributed by atoms with Crippen LogP contribution in [0.3, 0.4) is 0 Å². The first-order valence-electron chi connectivity index (χ1n) is 5.66. The molecule has 1 rings (SSSR count). The van der Waals surface area contributed by atoms with Crippen molar-refractivity contribution in [2.75, 3.05) is 18.1 Å². The minimum atomic E-state index is -0.832. The highest BCUT2D eigenvalue weighted by atomic mass is 32.2. The molecule has 1 amide bonds. The number of thioether (sulfide) groups is 1. The number of hydrogen-bond acceptors (Lipinski definition) is 3. The maximum absolute atomic E-state index is 11.9. The zero-order chi connectivity index (χ0) is 13.5. The Morgan fingerprint density at radius 1 is 1.28 bits per heavy atom. The third-order valence-corrected chi connectivity index (χ3v) is 3.41. The number of rotatable bonds is 6. The van der Waals surface area contributed by atoms with Gasteiger partial charge in [-0.05, 0) is 25.0 Å². The largest absolute Gasteiger partial charge is 0.481 e. The molecule has 0 radical (unpaired) electrons. The third-order valence-electron chi connectivity index (χ3n) is 2.47. The third kappa shape index (κ3) is 4.41. The lowest BCUT2D eigenvalue weighted by Crippen LogP contribution is -2.27.